The first-order chi connectivity index (χ1) is 25.2. The van der Waals surface area contributed by atoms with Crippen LogP contribution in [-0.4, -0.2) is 59.2 Å². The van der Waals surface area contributed by atoms with E-state index < -0.39 is 5.97 Å². The van der Waals surface area contributed by atoms with Crippen molar-refractivity contribution in [2.45, 2.75) is 50.6 Å². The number of esters is 1. The van der Waals surface area contributed by atoms with Crippen molar-refractivity contribution in [2.75, 3.05) is 27.9 Å². The molecule has 0 aliphatic rings. The number of halogens is 1. The van der Waals surface area contributed by atoms with Crippen molar-refractivity contribution in [1.29, 1.82) is 0 Å². The normalized spacial score (nSPS) is 11.3. The summed E-state index contributed by atoms with van der Waals surface area (Å²) in [6.07, 6.45) is 0.591. The van der Waals surface area contributed by atoms with E-state index in [0.717, 1.165) is 43.8 Å². The molecule has 270 valence electrons. The van der Waals surface area contributed by atoms with Gasteiger partial charge < -0.3 is 29.2 Å². The summed E-state index contributed by atoms with van der Waals surface area (Å²) in [4.78, 5) is 26.7. The first-order valence-corrected chi connectivity index (χ1v) is 18.2. The zero-order valence-corrected chi connectivity index (χ0v) is 31.4. The van der Waals surface area contributed by atoms with Crippen molar-refractivity contribution in [3.05, 3.63) is 106 Å². The maximum Gasteiger partial charge on any atom is 0.354 e. The van der Waals surface area contributed by atoms with Gasteiger partial charge in [0.2, 0.25) is 5.91 Å². The molecular weight excluding hydrogens is 700 g/mol. The van der Waals surface area contributed by atoms with Crippen molar-refractivity contribution >= 4 is 56.9 Å². The van der Waals surface area contributed by atoms with E-state index in [0.29, 0.717) is 58.4 Å². The highest BCUT2D eigenvalue weighted by Gasteiger charge is 2.28. The number of rotatable bonds is 14. The zero-order chi connectivity index (χ0) is 36.9. The lowest BCUT2D eigenvalue weighted by molar-refractivity contribution is -0.121. The van der Waals surface area contributed by atoms with Gasteiger partial charge in [0.05, 0.1) is 33.1 Å². The molecule has 0 atom stereocenters. The summed E-state index contributed by atoms with van der Waals surface area (Å²) in [6, 6.07) is 24.2. The number of amides is 1. The number of nitrogens with zero attached hydrogens (tertiary/aromatic N) is 3. The van der Waals surface area contributed by atoms with E-state index in [1.807, 2.05) is 48.7 Å². The molecule has 0 saturated heterocycles. The molecule has 4 aromatic carbocycles. The van der Waals surface area contributed by atoms with Crippen LogP contribution in [-0.2, 0) is 35.0 Å². The average Bonchev–Trinajstić information content (AvgIpc) is 3.63. The van der Waals surface area contributed by atoms with Gasteiger partial charge in [0.15, 0.2) is 0 Å². The Morgan fingerprint density at radius 2 is 1.77 bits per heavy atom. The number of hydrogen-bond donors (Lipinski definition) is 2. The molecule has 0 saturated carbocycles. The van der Waals surface area contributed by atoms with Crippen LogP contribution in [0.4, 0.5) is 0 Å². The average molecular weight is 741 g/mol. The summed E-state index contributed by atoms with van der Waals surface area (Å²) >= 11 is 8.65. The van der Waals surface area contributed by atoms with Crippen LogP contribution >= 0.6 is 23.4 Å². The second-order valence-electron chi connectivity index (χ2n) is 12.3. The van der Waals surface area contributed by atoms with E-state index >= 15 is 0 Å². The van der Waals surface area contributed by atoms with Crippen LogP contribution in [0.2, 0.25) is 5.02 Å². The Hall–Kier alpha value is -4.97. The molecule has 0 radical (unpaired) electrons. The number of aliphatic hydroxyl groups is 1. The van der Waals surface area contributed by atoms with Gasteiger partial charge in [-0.15, -0.1) is 11.8 Å². The third-order valence-electron chi connectivity index (χ3n) is 9.20. The summed E-state index contributed by atoms with van der Waals surface area (Å²) < 4.78 is 20.5. The fraction of sp³-hybridized carbons (Fsp3) is 0.275. The van der Waals surface area contributed by atoms with E-state index in [4.69, 9.17) is 25.8 Å². The summed E-state index contributed by atoms with van der Waals surface area (Å²) in [7, 11) is 4.59. The molecule has 2 heterocycles. The van der Waals surface area contributed by atoms with Gasteiger partial charge in [-0.05, 0) is 73.2 Å². The maximum absolute atomic E-state index is 13.3. The predicted molar refractivity (Wildman–Crippen MR) is 206 cm³/mol. The van der Waals surface area contributed by atoms with Gasteiger partial charge in [-0.1, -0.05) is 48.0 Å². The SMILES string of the molecule is CNC(=O)Cn1nc(CO)c(-c2c(Cl)ccc3c2c(C)c(C(=O)OC)n3CCCOc2cc(SCc3ccc(OC)cc3)cc3ccccc23)c1C. The molecule has 6 rings (SSSR count). The van der Waals surface area contributed by atoms with Crippen LogP contribution < -0.4 is 14.8 Å². The number of fused-ring (bicyclic) bond motifs is 2. The number of aryl methyl sites for hydroxylation is 2. The highest BCUT2D eigenvalue weighted by atomic mass is 35.5. The van der Waals surface area contributed by atoms with Crippen LogP contribution in [0.3, 0.4) is 0 Å². The predicted octanol–water partition coefficient (Wildman–Crippen LogP) is 7.72. The van der Waals surface area contributed by atoms with E-state index in [9.17, 15) is 14.7 Å². The second kappa shape index (κ2) is 16.1. The van der Waals surface area contributed by atoms with Crippen molar-refractivity contribution < 1.29 is 28.9 Å². The van der Waals surface area contributed by atoms with Crippen LogP contribution in [0.1, 0.15) is 39.4 Å². The van der Waals surface area contributed by atoms with Crippen LogP contribution in [0.25, 0.3) is 32.8 Å². The molecule has 0 spiro atoms. The Morgan fingerprint density at radius 1 is 1.00 bits per heavy atom. The third kappa shape index (κ3) is 7.34. The van der Waals surface area contributed by atoms with Gasteiger partial charge in [-0.25, -0.2) is 4.79 Å². The topological polar surface area (TPSA) is 117 Å². The summed E-state index contributed by atoms with van der Waals surface area (Å²) in [5, 5.41) is 20.8. The summed E-state index contributed by atoms with van der Waals surface area (Å²) in [5.74, 6) is 1.73. The van der Waals surface area contributed by atoms with Crippen molar-refractivity contribution in [1.82, 2.24) is 19.7 Å². The highest BCUT2D eigenvalue weighted by molar-refractivity contribution is 7.98. The van der Waals surface area contributed by atoms with E-state index in [1.54, 1.807) is 36.7 Å². The van der Waals surface area contributed by atoms with Crippen LogP contribution in [0, 0.1) is 13.8 Å². The molecule has 10 nitrogen and oxygen atoms in total. The Kier molecular flexibility index (Phi) is 11.4. The molecule has 0 aliphatic heterocycles. The van der Waals surface area contributed by atoms with Crippen LogP contribution in [0.5, 0.6) is 11.5 Å². The Labute approximate surface area is 311 Å². The van der Waals surface area contributed by atoms with Crippen molar-refractivity contribution in [2.24, 2.45) is 0 Å². The molecule has 12 heteroatoms. The van der Waals surface area contributed by atoms with Crippen molar-refractivity contribution in [3.8, 4) is 22.6 Å². The number of benzene rings is 4. The molecular formula is C40H41ClN4O6S. The number of carbonyl (C=O) groups excluding carboxylic acids is 2. The molecule has 0 bridgehead atoms. The molecule has 1 amide bonds. The summed E-state index contributed by atoms with van der Waals surface area (Å²) in [5.41, 5.74) is 5.38. The molecule has 0 aliphatic carbocycles. The largest absolute Gasteiger partial charge is 0.497 e. The van der Waals surface area contributed by atoms with Gasteiger partial charge in [0.25, 0.3) is 0 Å². The molecule has 2 aromatic heterocycles. The molecule has 52 heavy (non-hydrogen) atoms. The number of thioether (sulfide) groups is 1. The molecule has 6 aromatic rings. The molecule has 0 unspecified atom stereocenters. The van der Waals surface area contributed by atoms with Gasteiger partial charge in [-0.2, -0.15) is 5.10 Å². The number of carbonyl (C=O) groups is 2. The Morgan fingerprint density at radius 3 is 2.48 bits per heavy atom. The monoisotopic (exact) mass is 740 g/mol. The fourth-order valence-corrected chi connectivity index (χ4v) is 7.79. The lowest BCUT2D eigenvalue weighted by atomic mass is 9.97. The lowest BCUT2D eigenvalue weighted by Crippen LogP contribution is -2.24. The number of nitrogens with one attached hydrogen (secondary N) is 1. The smallest absolute Gasteiger partial charge is 0.354 e. The number of aromatic nitrogens is 3. The zero-order valence-electron chi connectivity index (χ0n) is 29.8. The van der Waals surface area contributed by atoms with Gasteiger partial charge in [0, 0.05) is 62.4 Å². The first-order valence-electron chi connectivity index (χ1n) is 16.9. The minimum atomic E-state index is -0.473. The molecule has 2 N–H and O–H groups in total. The third-order valence-corrected chi connectivity index (χ3v) is 10.6. The lowest BCUT2D eigenvalue weighted by Gasteiger charge is -2.14. The van der Waals surface area contributed by atoms with E-state index in [2.05, 4.69) is 46.8 Å². The van der Waals surface area contributed by atoms with E-state index in [1.165, 1.54) is 12.7 Å². The molecule has 0 fully saturated rings. The standard InChI is InChI=1S/C40H41ClN4O6S/c1-24-36-33(16-15-31(41)38(36)37-25(2)45(21-35(47)42-3)43-32(37)22-46)44(39(24)40(48)50-5)17-8-18-51-34-20-29(19-27-9-6-7-10-30(27)34)52-23-26-11-13-28(49-4)14-12-26/h6-7,9-16,19-20,46H,8,17-18,21-23H2,1-5H3,(H,42,47). The number of aliphatic hydroxyl groups excluding tert-OH is 1. The highest BCUT2D eigenvalue weighted by Crippen LogP contribution is 2.43. The minimum absolute atomic E-state index is 0.0180. The summed E-state index contributed by atoms with van der Waals surface area (Å²) in [6.45, 7) is 4.18. The number of ether oxygens (including phenoxy) is 3. The van der Waals surface area contributed by atoms with Gasteiger partial charge in [0.1, 0.15) is 23.7 Å². The van der Waals surface area contributed by atoms with E-state index in [-0.39, 0.29) is 19.1 Å². The minimum Gasteiger partial charge on any atom is -0.497 e. The van der Waals surface area contributed by atoms with Crippen molar-refractivity contribution in [3.63, 3.8) is 0 Å². The Balaban J connectivity index is 1.29. The number of hydrogen-bond acceptors (Lipinski definition) is 8. The first kappa shape index (κ1) is 36.8. The number of likely N-dealkylation sites (N-methyl/N-ethyl adjacent to an activating group) is 1. The van der Waals surface area contributed by atoms with Gasteiger partial charge >= 0.3 is 5.97 Å². The number of methoxy groups -OCH3 is 2. The maximum atomic E-state index is 13.3. The second-order valence-corrected chi connectivity index (χ2v) is 13.8. The van der Waals surface area contributed by atoms with Crippen LogP contribution in [0.15, 0.2) is 77.7 Å². The fourth-order valence-electron chi connectivity index (χ4n) is 6.61. The Bertz CT molecular complexity index is 2260. The van der Waals surface area contributed by atoms with Gasteiger partial charge in [-0.3, -0.25) is 9.48 Å². The quantitative estimate of drug-likeness (QED) is 0.0663.